The normalized spacial score (nSPS) is 25.3. The molecule has 2 unspecified atom stereocenters. The lowest BCUT2D eigenvalue weighted by molar-refractivity contribution is 0.0385. The molecule has 1 aromatic rings. The molecule has 1 aliphatic heterocycles. The molecule has 0 radical (unpaired) electrons. The van der Waals surface area contributed by atoms with Gasteiger partial charge in [0.15, 0.2) is 0 Å². The monoisotopic (exact) mass is 288 g/mol. The molecule has 5 nitrogen and oxygen atoms in total. The zero-order valence-corrected chi connectivity index (χ0v) is 12.7. The second-order valence-corrected chi connectivity index (χ2v) is 6.07. The molecule has 21 heavy (non-hydrogen) atoms. The second kappa shape index (κ2) is 6.41. The van der Waals surface area contributed by atoms with Crippen molar-refractivity contribution in [1.82, 2.24) is 14.9 Å². The van der Waals surface area contributed by atoms with Crippen LogP contribution in [-0.2, 0) is 0 Å². The topological polar surface area (TPSA) is 58.1 Å². The van der Waals surface area contributed by atoms with E-state index in [4.69, 9.17) is 0 Å². The Kier molecular flexibility index (Phi) is 4.36. The Bertz CT molecular complexity index is 486. The summed E-state index contributed by atoms with van der Waals surface area (Å²) in [6, 6.07) is 0.426. The number of likely N-dealkylation sites (tertiary alicyclic amines) is 1. The minimum absolute atomic E-state index is 0.0575. The largest absolute Gasteiger partial charge is 0.369 e. The summed E-state index contributed by atoms with van der Waals surface area (Å²) in [6.07, 6.45) is 10.6. The van der Waals surface area contributed by atoms with Gasteiger partial charge in [-0.15, -0.1) is 0 Å². The summed E-state index contributed by atoms with van der Waals surface area (Å²) in [5, 5.41) is 3.10. The molecule has 3 rings (SSSR count). The maximum absolute atomic E-state index is 12.7. The summed E-state index contributed by atoms with van der Waals surface area (Å²) in [7, 11) is 0. The third-order valence-corrected chi connectivity index (χ3v) is 4.73. The summed E-state index contributed by atoms with van der Waals surface area (Å²) < 4.78 is 0. The van der Waals surface area contributed by atoms with Crippen LogP contribution in [0, 0.1) is 5.92 Å². The Hall–Kier alpha value is -1.65. The summed E-state index contributed by atoms with van der Waals surface area (Å²) in [4.78, 5) is 23.3. The van der Waals surface area contributed by atoms with Crippen molar-refractivity contribution < 1.29 is 4.79 Å². The lowest BCUT2D eigenvalue weighted by Gasteiger charge is -2.43. The summed E-state index contributed by atoms with van der Waals surface area (Å²) in [5.74, 6) is 1.48. The Labute approximate surface area is 126 Å². The number of hydrogen-bond acceptors (Lipinski definition) is 4. The first-order chi connectivity index (χ1) is 10.3. The van der Waals surface area contributed by atoms with Gasteiger partial charge in [0.25, 0.3) is 5.91 Å². The Morgan fingerprint density at radius 1 is 1.24 bits per heavy atom. The van der Waals surface area contributed by atoms with E-state index >= 15 is 0 Å². The van der Waals surface area contributed by atoms with E-state index in [1.54, 1.807) is 12.4 Å². The molecule has 1 saturated carbocycles. The molecule has 1 saturated heterocycles. The highest BCUT2D eigenvalue weighted by atomic mass is 16.2. The van der Waals surface area contributed by atoms with Crippen LogP contribution < -0.4 is 5.32 Å². The Morgan fingerprint density at radius 2 is 2.05 bits per heavy atom. The van der Waals surface area contributed by atoms with E-state index in [9.17, 15) is 4.79 Å². The molecule has 1 amide bonds. The van der Waals surface area contributed by atoms with Crippen molar-refractivity contribution in [2.45, 2.75) is 51.5 Å². The van der Waals surface area contributed by atoms with Crippen LogP contribution in [0.4, 0.5) is 5.82 Å². The number of carbonyl (C=O) groups is 1. The Balaban J connectivity index is 1.73. The average molecular weight is 288 g/mol. The first-order valence-corrected chi connectivity index (χ1v) is 8.16. The molecule has 2 heterocycles. The van der Waals surface area contributed by atoms with Crippen molar-refractivity contribution in [3.63, 3.8) is 0 Å². The molecule has 1 N–H and O–H groups in total. The van der Waals surface area contributed by atoms with Crippen LogP contribution in [0.1, 0.15) is 55.9 Å². The summed E-state index contributed by atoms with van der Waals surface area (Å²) in [5.41, 5.74) is 0.475. The van der Waals surface area contributed by atoms with Gasteiger partial charge in [-0.2, -0.15) is 0 Å². The zero-order valence-electron chi connectivity index (χ0n) is 12.7. The molecule has 1 aromatic heterocycles. The lowest BCUT2D eigenvalue weighted by atomic mass is 9.78. The molecule has 0 aromatic carbocycles. The number of aromatic nitrogens is 2. The SMILES string of the molecule is CCNc1cnc(C(=O)N2CCCC3CCCCC32)cn1. The highest BCUT2D eigenvalue weighted by molar-refractivity contribution is 5.92. The van der Waals surface area contributed by atoms with Gasteiger partial charge in [0.05, 0.1) is 12.4 Å². The standard InChI is InChI=1S/C16H24N4O/c1-2-17-15-11-18-13(10-19-15)16(21)20-9-5-7-12-6-3-4-8-14(12)20/h10-12,14H,2-9H2,1H3,(H,17,19). The highest BCUT2D eigenvalue weighted by Crippen LogP contribution is 2.35. The van der Waals surface area contributed by atoms with Gasteiger partial charge >= 0.3 is 0 Å². The number of anilines is 1. The van der Waals surface area contributed by atoms with Gasteiger partial charge in [-0.3, -0.25) is 4.79 Å². The number of amides is 1. The van der Waals surface area contributed by atoms with Crippen molar-refractivity contribution in [1.29, 1.82) is 0 Å². The minimum Gasteiger partial charge on any atom is -0.369 e. The van der Waals surface area contributed by atoms with Crippen molar-refractivity contribution in [3.8, 4) is 0 Å². The van der Waals surface area contributed by atoms with E-state index in [1.807, 2.05) is 6.92 Å². The van der Waals surface area contributed by atoms with Crippen LogP contribution in [0.15, 0.2) is 12.4 Å². The average Bonchev–Trinajstić information content (AvgIpc) is 2.55. The minimum atomic E-state index is 0.0575. The van der Waals surface area contributed by atoms with Crippen molar-refractivity contribution in [2.24, 2.45) is 5.92 Å². The highest BCUT2D eigenvalue weighted by Gasteiger charge is 2.36. The van der Waals surface area contributed by atoms with Crippen LogP contribution in [0.5, 0.6) is 0 Å². The van der Waals surface area contributed by atoms with Crippen molar-refractivity contribution in [3.05, 3.63) is 18.1 Å². The molecule has 0 spiro atoms. The number of piperidine rings is 1. The van der Waals surface area contributed by atoms with Crippen LogP contribution in [-0.4, -0.2) is 39.9 Å². The quantitative estimate of drug-likeness (QED) is 0.929. The third kappa shape index (κ3) is 3.01. The van der Waals surface area contributed by atoms with Crippen molar-refractivity contribution >= 4 is 11.7 Å². The molecular weight excluding hydrogens is 264 g/mol. The van der Waals surface area contributed by atoms with Gasteiger partial charge in [0.1, 0.15) is 11.5 Å². The zero-order chi connectivity index (χ0) is 14.7. The fourth-order valence-electron chi connectivity index (χ4n) is 3.73. The first kappa shape index (κ1) is 14.3. The predicted molar refractivity (Wildman–Crippen MR) is 82.2 cm³/mol. The van der Waals surface area contributed by atoms with Crippen molar-refractivity contribution in [2.75, 3.05) is 18.4 Å². The molecule has 2 atom stereocenters. The van der Waals surface area contributed by atoms with E-state index in [1.165, 1.54) is 25.7 Å². The van der Waals surface area contributed by atoms with Crippen LogP contribution in [0.25, 0.3) is 0 Å². The molecular formula is C16H24N4O. The third-order valence-electron chi connectivity index (χ3n) is 4.73. The molecule has 114 valence electrons. The fraction of sp³-hybridized carbons (Fsp3) is 0.688. The number of nitrogens with zero attached hydrogens (tertiary/aromatic N) is 3. The summed E-state index contributed by atoms with van der Waals surface area (Å²) >= 11 is 0. The smallest absolute Gasteiger partial charge is 0.274 e. The van der Waals surface area contributed by atoms with Gasteiger partial charge < -0.3 is 10.2 Å². The van der Waals surface area contributed by atoms with E-state index in [0.717, 1.165) is 31.7 Å². The molecule has 2 fully saturated rings. The van der Waals surface area contributed by atoms with E-state index in [0.29, 0.717) is 17.7 Å². The number of rotatable bonds is 3. The molecule has 5 heteroatoms. The lowest BCUT2D eigenvalue weighted by Crippen LogP contribution is -2.49. The van der Waals surface area contributed by atoms with Gasteiger partial charge in [-0.05, 0) is 38.5 Å². The second-order valence-electron chi connectivity index (χ2n) is 6.07. The number of hydrogen-bond donors (Lipinski definition) is 1. The van der Waals surface area contributed by atoms with E-state index in [2.05, 4.69) is 20.2 Å². The van der Waals surface area contributed by atoms with Gasteiger partial charge in [0, 0.05) is 19.1 Å². The summed E-state index contributed by atoms with van der Waals surface area (Å²) in [6.45, 7) is 3.69. The molecule has 0 bridgehead atoms. The van der Waals surface area contributed by atoms with E-state index < -0.39 is 0 Å². The number of nitrogens with one attached hydrogen (secondary N) is 1. The number of fused-ring (bicyclic) bond motifs is 1. The Morgan fingerprint density at radius 3 is 2.81 bits per heavy atom. The van der Waals surface area contributed by atoms with E-state index in [-0.39, 0.29) is 5.91 Å². The van der Waals surface area contributed by atoms with Crippen LogP contribution in [0.2, 0.25) is 0 Å². The first-order valence-electron chi connectivity index (χ1n) is 8.16. The van der Waals surface area contributed by atoms with Gasteiger partial charge in [-0.1, -0.05) is 12.8 Å². The maximum atomic E-state index is 12.7. The van der Waals surface area contributed by atoms with Crippen LogP contribution >= 0.6 is 0 Å². The fourth-order valence-corrected chi connectivity index (χ4v) is 3.73. The molecule has 1 aliphatic carbocycles. The molecule has 2 aliphatic rings. The predicted octanol–water partition coefficient (Wildman–Crippen LogP) is 2.70. The maximum Gasteiger partial charge on any atom is 0.274 e. The number of carbonyl (C=O) groups excluding carboxylic acids is 1. The van der Waals surface area contributed by atoms with Gasteiger partial charge in [-0.25, -0.2) is 9.97 Å². The van der Waals surface area contributed by atoms with Gasteiger partial charge in [0.2, 0.25) is 0 Å². The van der Waals surface area contributed by atoms with Crippen LogP contribution in [0.3, 0.4) is 0 Å².